The Bertz CT molecular complexity index is 277. The first-order valence-electron chi connectivity index (χ1n) is 2.52. The average molecular weight is 275 g/mol. The van der Waals surface area contributed by atoms with Crippen molar-refractivity contribution in [1.82, 2.24) is 0 Å². The third-order valence-electron chi connectivity index (χ3n) is 1.06. The highest BCUT2D eigenvalue weighted by Gasteiger charge is 2.18. The van der Waals surface area contributed by atoms with E-state index < -0.39 is 29.1 Å². The number of hydrogen-bond donors (Lipinski definition) is 0. The van der Waals surface area contributed by atoms with Crippen LogP contribution in [0.4, 0.5) is 22.0 Å². The van der Waals surface area contributed by atoms with Crippen LogP contribution in [0, 0.1) is 29.1 Å². The fourth-order valence-electron chi connectivity index (χ4n) is 0.544. The van der Waals surface area contributed by atoms with Crippen molar-refractivity contribution in [1.29, 1.82) is 0 Å². The fourth-order valence-corrected chi connectivity index (χ4v) is 0.544. The molecule has 0 fully saturated rings. The quantitative estimate of drug-likeness (QED) is 0.294. The van der Waals surface area contributed by atoms with Crippen LogP contribution in [-0.2, 0) is 0 Å². The summed E-state index contributed by atoms with van der Waals surface area (Å²) in [4.78, 5) is 0. The zero-order valence-electron chi connectivity index (χ0n) is 5.38. The third kappa shape index (κ3) is 3.06. The summed E-state index contributed by atoms with van der Waals surface area (Å²) in [6.07, 6.45) is 0. The summed E-state index contributed by atoms with van der Waals surface area (Å²) < 4.78 is 60.0. The topological polar surface area (TPSA) is 0 Å². The van der Waals surface area contributed by atoms with E-state index in [9.17, 15) is 22.0 Å². The zero-order chi connectivity index (χ0) is 8.59. The van der Waals surface area contributed by atoms with Gasteiger partial charge in [-0.2, -0.15) is 0 Å². The minimum atomic E-state index is -2.14. The Hall–Kier alpha value is 0.116. The largest absolute Gasteiger partial charge is 0.316 e. The van der Waals surface area contributed by atoms with Gasteiger partial charge in [-0.3, -0.25) is 0 Å². The van der Waals surface area contributed by atoms with Crippen molar-refractivity contribution in [2.75, 3.05) is 0 Å². The molecule has 0 bridgehead atoms. The van der Waals surface area contributed by atoms with E-state index in [4.69, 9.17) is 0 Å². The molecule has 7 heteroatoms. The number of benzene rings is 1. The minimum absolute atomic E-state index is 0. The maximum atomic E-state index is 12.0. The van der Waals surface area contributed by atoms with Crippen LogP contribution in [0.5, 0.6) is 0 Å². The standard InChI is InChI=1S/C6HF5.BrH.Mg.2H/c7-2-1-3(8)5(10)6(11)4(2)9;;;;/h1H;1H;;;. The lowest BCUT2D eigenvalue weighted by Crippen LogP contribution is -1.98. The second-order valence-corrected chi connectivity index (χ2v) is 1.78. The van der Waals surface area contributed by atoms with E-state index in [2.05, 4.69) is 0 Å². The molecule has 1 aromatic rings. The average Bonchev–Trinajstić information content (AvgIpc) is 1.97. The van der Waals surface area contributed by atoms with Gasteiger partial charge in [-0.15, -0.1) is 17.0 Å². The predicted octanol–water partition coefficient (Wildman–Crippen LogP) is 2.04. The molecular weight excluding hydrogens is 271 g/mol. The lowest BCUT2D eigenvalue weighted by Gasteiger charge is -1.96. The summed E-state index contributed by atoms with van der Waals surface area (Å²) in [7, 11) is 0. The number of hydrogen-bond acceptors (Lipinski definition) is 0. The van der Waals surface area contributed by atoms with Crippen LogP contribution in [0.2, 0.25) is 0 Å². The molecule has 0 spiro atoms. The lowest BCUT2D eigenvalue weighted by molar-refractivity contribution is 0.378. The Kier molecular flexibility index (Phi) is 6.91. The summed E-state index contributed by atoms with van der Waals surface area (Å²) >= 11 is 0. The molecule has 1 rings (SSSR count). The Labute approximate surface area is 97.0 Å². The first-order valence-corrected chi connectivity index (χ1v) is 2.52. The first kappa shape index (κ1) is 15.6. The molecule has 0 aliphatic heterocycles. The number of rotatable bonds is 0. The number of halogens is 6. The first-order chi connectivity index (χ1) is 5.04. The van der Waals surface area contributed by atoms with Gasteiger partial charge in [0.15, 0.2) is 23.3 Å². The van der Waals surface area contributed by atoms with Crippen molar-refractivity contribution in [2.45, 2.75) is 0 Å². The van der Waals surface area contributed by atoms with E-state index in [1.165, 1.54) is 0 Å². The van der Waals surface area contributed by atoms with E-state index in [0.29, 0.717) is 0 Å². The molecule has 0 heterocycles. The van der Waals surface area contributed by atoms with E-state index in [1.807, 2.05) is 0 Å². The highest BCUT2D eigenvalue weighted by Crippen LogP contribution is 2.16. The Morgan fingerprint density at radius 3 is 1.31 bits per heavy atom. The minimum Gasteiger partial charge on any atom is -0.204 e. The molecule has 0 saturated carbocycles. The van der Waals surface area contributed by atoms with E-state index in [1.54, 1.807) is 0 Å². The van der Waals surface area contributed by atoms with Crippen molar-refractivity contribution >= 4 is 40.0 Å². The zero-order valence-corrected chi connectivity index (χ0v) is 7.09. The summed E-state index contributed by atoms with van der Waals surface area (Å²) in [5.41, 5.74) is 0. The monoisotopic (exact) mass is 274 g/mol. The van der Waals surface area contributed by atoms with Gasteiger partial charge in [-0.1, -0.05) is 0 Å². The van der Waals surface area contributed by atoms with Gasteiger partial charge in [0.05, 0.1) is 0 Å². The maximum absolute atomic E-state index is 12.0. The van der Waals surface area contributed by atoms with Gasteiger partial charge in [-0.25, -0.2) is 22.0 Å². The molecule has 0 nitrogen and oxygen atoms in total. The molecular formula is C6H4BrF5Mg. The predicted molar refractivity (Wildman–Crippen MR) is 45.1 cm³/mol. The second kappa shape index (κ2) is 5.76. The van der Waals surface area contributed by atoms with Crippen molar-refractivity contribution in [3.63, 3.8) is 0 Å². The SMILES string of the molecule is Br.Fc1cc(F)c(F)c(F)c1F.[MgH2]. The van der Waals surface area contributed by atoms with Gasteiger partial charge >= 0.3 is 23.1 Å². The molecule has 0 atom stereocenters. The highest BCUT2D eigenvalue weighted by atomic mass is 79.9. The molecule has 0 amide bonds. The van der Waals surface area contributed by atoms with Crippen molar-refractivity contribution < 1.29 is 22.0 Å². The van der Waals surface area contributed by atoms with Gasteiger partial charge < -0.3 is 0 Å². The normalized spacial score (nSPS) is 8.69. The van der Waals surface area contributed by atoms with Gasteiger partial charge in [-0.05, 0) is 0 Å². The van der Waals surface area contributed by atoms with Gasteiger partial charge in [0.1, 0.15) is 0 Å². The van der Waals surface area contributed by atoms with Gasteiger partial charge in [0, 0.05) is 6.07 Å². The Morgan fingerprint density at radius 2 is 1.00 bits per heavy atom. The van der Waals surface area contributed by atoms with Crippen LogP contribution in [0.25, 0.3) is 0 Å². The molecule has 0 radical (unpaired) electrons. The van der Waals surface area contributed by atoms with Crippen LogP contribution >= 0.6 is 17.0 Å². The smallest absolute Gasteiger partial charge is 0.204 e. The van der Waals surface area contributed by atoms with E-state index >= 15 is 0 Å². The Balaban J connectivity index is 0. The van der Waals surface area contributed by atoms with Crippen molar-refractivity contribution in [2.24, 2.45) is 0 Å². The summed E-state index contributed by atoms with van der Waals surface area (Å²) in [6, 6.07) is -0.0618. The van der Waals surface area contributed by atoms with Crippen LogP contribution in [0.1, 0.15) is 0 Å². The van der Waals surface area contributed by atoms with Crippen molar-refractivity contribution in [3.8, 4) is 0 Å². The molecule has 72 valence electrons. The molecule has 0 N–H and O–H groups in total. The molecule has 0 saturated heterocycles. The van der Waals surface area contributed by atoms with E-state index in [0.717, 1.165) is 0 Å². The molecule has 0 unspecified atom stereocenters. The fraction of sp³-hybridized carbons (Fsp3) is 0. The summed E-state index contributed by atoms with van der Waals surface area (Å²) in [5, 5.41) is 0. The molecule has 1 aromatic carbocycles. The summed E-state index contributed by atoms with van der Waals surface area (Å²) in [6.45, 7) is 0. The molecule has 0 aliphatic carbocycles. The van der Waals surface area contributed by atoms with Crippen LogP contribution in [-0.4, -0.2) is 23.1 Å². The summed E-state index contributed by atoms with van der Waals surface area (Å²) in [5.74, 6) is -9.65. The molecule has 13 heavy (non-hydrogen) atoms. The molecule has 0 aromatic heterocycles. The third-order valence-corrected chi connectivity index (χ3v) is 1.06. The molecule has 0 aliphatic rings. The van der Waals surface area contributed by atoms with Crippen LogP contribution < -0.4 is 0 Å². The van der Waals surface area contributed by atoms with Crippen molar-refractivity contribution in [3.05, 3.63) is 35.2 Å². The second-order valence-electron chi connectivity index (χ2n) is 1.78. The maximum Gasteiger partial charge on any atom is 0.316 e. The highest BCUT2D eigenvalue weighted by molar-refractivity contribution is 8.93. The Morgan fingerprint density at radius 1 is 0.692 bits per heavy atom. The van der Waals surface area contributed by atoms with Gasteiger partial charge in [0.25, 0.3) is 0 Å². The van der Waals surface area contributed by atoms with Crippen LogP contribution in [0.3, 0.4) is 0 Å². The lowest BCUT2D eigenvalue weighted by atomic mass is 10.3. The van der Waals surface area contributed by atoms with E-state index in [-0.39, 0.29) is 46.1 Å². The van der Waals surface area contributed by atoms with Gasteiger partial charge in [0.2, 0.25) is 5.82 Å². The van der Waals surface area contributed by atoms with Crippen LogP contribution in [0.15, 0.2) is 6.07 Å².